The van der Waals surface area contributed by atoms with Gasteiger partial charge in [0, 0.05) is 31.5 Å². The number of allylic oxidation sites excluding steroid dienone is 1. The normalized spacial score (nSPS) is 9.03. The van der Waals surface area contributed by atoms with E-state index in [-0.39, 0.29) is 0 Å². The molecule has 0 atom stereocenters. The predicted octanol–water partition coefficient (Wildman–Crippen LogP) is 6.27. The van der Waals surface area contributed by atoms with E-state index in [1.165, 1.54) is 0 Å². The van der Waals surface area contributed by atoms with Gasteiger partial charge >= 0.3 is 0 Å². The van der Waals surface area contributed by atoms with Crippen LogP contribution in [-0.4, -0.2) is 32.5 Å². The summed E-state index contributed by atoms with van der Waals surface area (Å²) in [5, 5.41) is 0. The highest BCUT2D eigenvalue weighted by Gasteiger charge is 1.99. The van der Waals surface area contributed by atoms with Crippen LogP contribution in [0.15, 0.2) is 51.4 Å². The van der Waals surface area contributed by atoms with Gasteiger partial charge in [0.2, 0.25) is 0 Å². The summed E-state index contributed by atoms with van der Waals surface area (Å²) in [6.45, 7) is 10.1. The quantitative estimate of drug-likeness (QED) is 0.270. The molecule has 5 radical (unpaired) electrons. The van der Waals surface area contributed by atoms with Crippen LogP contribution >= 0.6 is 31.9 Å². The Bertz CT molecular complexity index is 855. The Morgan fingerprint density at radius 2 is 1.50 bits per heavy atom. The van der Waals surface area contributed by atoms with Gasteiger partial charge in [0.1, 0.15) is 5.82 Å². The number of imidazole rings is 1. The van der Waals surface area contributed by atoms with Crippen LogP contribution in [-0.2, 0) is 0 Å². The first kappa shape index (κ1) is 30.6. The monoisotopic (exact) mass is 529 g/mol. The fourth-order valence-corrected chi connectivity index (χ4v) is 2.60. The third-order valence-electron chi connectivity index (χ3n) is 3.02. The van der Waals surface area contributed by atoms with Gasteiger partial charge in [-0.05, 0) is 48.9 Å². The molecule has 0 amide bonds. The first-order chi connectivity index (χ1) is 14.4. The molecule has 1 heterocycles. The standard InChI is InChI=1S/C11H11BrN2.C6H7BrN2.2C2H6.B3/c1-2-3-4-11-13-9-6-5-8(12)7-10(9)14-11;7-4-1-2-5(8)6(9)3-4;2*1-2;1-3-2/h3-7H,2H2,1H3,(H,13,14);1-3H,8-9H2;2*1-2H3;/b4-3+;;;;. The number of fused-ring (bicyclic) bond motifs is 1. The predicted molar refractivity (Wildman–Crippen MR) is 146 cm³/mol. The minimum Gasteiger partial charge on any atom is -0.397 e. The van der Waals surface area contributed by atoms with Gasteiger partial charge in [0.15, 0.2) is 0 Å². The molecule has 3 aromatic rings. The fourth-order valence-electron chi connectivity index (χ4n) is 1.86. The molecule has 0 aliphatic heterocycles. The van der Waals surface area contributed by atoms with Crippen molar-refractivity contribution in [2.75, 3.05) is 11.5 Å². The molecule has 3 rings (SSSR count). The molecule has 0 unspecified atom stereocenters. The second kappa shape index (κ2) is 19.4. The average Bonchev–Trinajstić information content (AvgIpc) is 3.15. The van der Waals surface area contributed by atoms with Gasteiger partial charge in [0.05, 0.1) is 22.4 Å². The van der Waals surface area contributed by atoms with E-state index < -0.39 is 0 Å². The highest BCUT2D eigenvalue weighted by molar-refractivity contribution is 9.10. The van der Waals surface area contributed by atoms with E-state index in [1.807, 2.05) is 58.0 Å². The molecule has 157 valence electrons. The molecule has 30 heavy (non-hydrogen) atoms. The Morgan fingerprint density at radius 3 is 2.00 bits per heavy atom. The van der Waals surface area contributed by atoms with E-state index in [9.17, 15) is 0 Å². The van der Waals surface area contributed by atoms with Crippen molar-refractivity contribution >= 4 is 82.9 Å². The molecule has 0 fully saturated rings. The summed E-state index contributed by atoms with van der Waals surface area (Å²) >= 11 is 6.69. The maximum atomic E-state index is 5.47. The van der Waals surface area contributed by atoms with Crippen molar-refractivity contribution in [1.29, 1.82) is 0 Å². The lowest BCUT2D eigenvalue weighted by Gasteiger charge is -1.97. The summed E-state index contributed by atoms with van der Waals surface area (Å²) in [6, 6.07) is 11.4. The Balaban J connectivity index is 0. The van der Waals surface area contributed by atoms with Crippen LogP contribution in [0.3, 0.4) is 0 Å². The number of hydrogen-bond donors (Lipinski definition) is 3. The van der Waals surface area contributed by atoms with Crippen LogP contribution in [0, 0.1) is 0 Å². The summed E-state index contributed by atoms with van der Waals surface area (Å²) in [5.41, 5.74) is 14.2. The Morgan fingerprint density at radius 1 is 0.967 bits per heavy atom. The largest absolute Gasteiger partial charge is 0.397 e. The molecule has 0 aliphatic rings. The molecular weight excluding hydrogens is 501 g/mol. The molecule has 1 aromatic heterocycles. The van der Waals surface area contributed by atoms with E-state index in [4.69, 9.17) is 11.5 Å². The first-order valence-corrected chi connectivity index (χ1v) is 11.4. The summed E-state index contributed by atoms with van der Waals surface area (Å²) in [4.78, 5) is 7.67. The molecule has 4 nitrogen and oxygen atoms in total. The molecule has 0 aliphatic carbocycles. The zero-order chi connectivity index (χ0) is 23.5. The number of aromatic nitrogens is 2. The number of nitrogens with zero attached hydrogens (tertiary/aromatic N) is 1. The minimum absolute atomic E-state index is 0.615. The number of rotatable bonds is 2. The molecule has 0 spiro atoms. The third-order valence-corrected chi connectivity index (χ3v) is 4.01. The summed E-state index contributed by atoms with van der Waals surface area (Å²) in [5.74, 6) is 0.917. The molecule has 0 saturated heterocycles. The van der Waals surface area contributed by atoms with Gasteiger partial charge in [-0.1, -0.05) is 72.6 Å². The van der Waals surface area contributed by atoms with Gasteiger partial charge in [-0.25, -0.2) is 4.98 Å². The smallest absolute Gasteiger partial charge is 0.130 e. The molecule has 2 aromatic carbocycles. The zero-order valence-electron chi connectivity index (χ0n) is 18.4. The highest BCUT2D eigenvalue weighted by atomic mass is 79.9. The molecular formula is C21H30B3Br2N4. The van der Waals surface area contributed by atoms with E-state index in [1.54, 1.807) is 12.1 Å². The van der Waals surface area contributed by atoms with Crippen molar-refractivity contribution < 1.29 is 0 Å². The third kappa shape index (κ3) is 12.9. The van der Waals surface area contributed by atoms with Gasteiger partial charge < -0.3 is 16.5 Å². The van der Waals surface area contributed by atoms with Crippen LogP contribution in [0.25, 0.3) is 17.1 Å². The van der Waals surface area contributed by atoms with Crippen molar-refractivity contribution in [3.63, 3.8) is 0 Å². The molecule has 5 N–H and O–H groups in total. The van der Waals surface area contributed by atoms with Crippen molar-refractivity contribution in [3.05, 3.63) is 57.2 Å². The van der Waals surface area contributed by atoms with E-state index in [0.29, 0.717) is 11.4 Å². The van der Waals surface area contributed by atoms with Gasteiger partial charge in [-0.15, -0.1) is 0 Å². The maximum absolute atomic E-state index is 5.47. The minimum atomic E-state index is 0.615. The van der Waals surface area contributed by atoms with Crippen molar-refractivity contribution in [2.24, 2.45) is 0 Å². The number of benzene rings is 2. The SMILES string of the molecule is CC.CC.CC/C=C/c1nc2ccc(Br)cc2[nH]1.Nc1ccc(Br)cc1N.[B][B][B]. The number of nitrogens with one attached hydrogen (secondary N) is 1. The number of H-pyrrole nitrogens is 1. The van der Waals surface area contributed by atoms with Gasteiger partial charge in [0.25, 0.3) is 0 Å². The van der Waals surface area contributed by atoms with Crippen LogP contribution in [0.5, 0.6) is 0 Å². The number of halogens is 2. The summed E-state index contributed by atoms with van der Waals surface area (Å²) < 4.78 is 2.02. The van der Waals surface area contributed by atoms with E-state index >= 15 is 0 Å². The molecule has 9 heteroatoms. The van der Waals surface area contributed by atoms with Gasteiger partial charge in [-0.2, -0.15) is 0 Å². The lowest BCUT2D eigenvalue weighted by molar-refractivity contribution is 1.22. The zero-order valence-corrected chi connectivity index (χ0v) is 21.6. The number of anilines is 2. The van der Waals surface area contributed by atoms with Gasteiger partial charge in [-0.3, -0.25) is 0 Å². The van der Waals surface area contributed by atoms with Crippen molar-refractivity contribution in [2.45, 2.75) is 41.0 Å². The van der Waals surface area contributed by atoms with Crippen LogP contribution < -0.4 is 11.5 Å². The Kier molecular flexibility index (Phi) is 19.8. The Hall–Kier alpha value is -1.60. The highest BCUT2D eigenvalue weighted by Crippen LogP contribution is 2.19. The average molecular weight is 531 g/mol. The second-order valence-corrected chi connectivity index (χ2v) is 6.89. The van der Waals surface area contributed by atoms with Crippen molar-refractivity contribution in [1.82, 2.24) is 9.97 Å². The number of nitrogens with two attached hydrogens (primary N) is 2. The molecule has 0 saturated carbocycles. The number of nitrogen functional groups attached to an aromatic ring is 2. The molecule has 0 bridgehead atoms. The maximum Gasteiger partial charge on any atom is 0.130 e. The van der Waals surface area contributed by atoms with Crippen LogP contribution in [0.2, 0.25) is 0 Å². The lowest BCUT2D eigenvalue weighted by Crippen LogP contribution is -1.92. The van der Waals surface area contributed by atoms with Crippen LogP contribution in [0.4, 0.5) is 11.4 Å². The van der Waals surface area contributed by atoms with Crippen LogP contribution in [0.1, 0.15) is 46.9 Å². The Labute approximate surface area is 202 Å². The van der Waals surface area contributed by atoms with E-state index in [0.717, 1.165) is 39.3 Å². The second-order valence-electron chi connectivity index (χ2n) is 5.06. The first-order valence-electron chi connectivity index (χ1n) is 9.78. The summed E-state index contributed by atoms with van der Waals surface area (Å²) in [7, 11) is 10.0. The van der Waals surface area contributed by atoms with E-state index in [2.05, 4.69) is 70.3 Å². The number of hydrogen-bond acceptors (Lipinski definition) is 3. The lowest BCUT2D eigenvalue weighted by atomic mass is 9.40. The summed E-state index contributed by atoms with van der Waals surface area (Å²) in [6.07, 6.45) is 5.13. The fraction of sp³-hybridized carbons (Fsp3) is 0.286. The topological polar surface area (TPSA) is 80.7 Å². The number of aromatic amines is 1. The van der Waals surface area contributed by atoms with Crippen molar-refractivity contribution in [3.8, 4) is 0 Å².